The van der Waals surface area contributed by atoms with Gasteiger partial charge in [0.15, 0.2) is 5.96 Å². The fourth-order valence-corrected chi connectivity index (χ4v) is 3.57. The number of guanidine groups is 1. The summed E-state index contributed by atoms with van der Waals surface area (Å²) in [5, 5.41) is 7.12. The van der Waals surface area contributed by atoms with E-state index in [1.54, 1.807) is 12.1 Å². The molecule has 1 fully saturated rings. The number of aliphatic imine (C=N–C) groups is 1. The Morgan fingerprint density at radius 1 is 0.893 bits per heavy atom. The van der Waals surface area contributed by atoms with Crippen LogP contribution in [0.2, 0.25) is 0 Å². The van der Waals surface area contributed by atoms with Crippen LogP contribution in [0.4, 0.5) is 4.39 Å². The third kappa shape index (κ3) is 4.02. The highest BCUT2D eigenvalue weighted by atomic mass is 35.5. The van der Waals surface area contributed by atoms with Gasteiger partial charge in [-0.3, -0.25) is 0 Å². The summed E-state index contributed by atoms with van der Waals surface area (Å²) in [5.41, 5.74) is 3.03. The molecule has 1 aliphatic rings. The van der Waals surface area contributed by atoms with E-state index in [4.69, 9.17) is 4.99 Å². The van der Waals surface area contributed by atoms with Crippen molar-refractivity contribution in [1.29, 1.82) is 0 Å². The van der Waals surface area contributed by atoms with Crippen LogP contribution in [-0.4, -0.2) is 5.96 Å². The molecule has 28 heavy (non-hydrogen) atoms. The SMILES string of the molecule is C[C@@]1(c2ccccc2)NC(=NCc2ccc(F)cc2)N[C@@H]1c1ccccc1.Cl. The van der Waals surface area contributed by atoms with E-state index >= 15 is 0 Å². The van der Waals surface area contributed by atoms with Crippen LogP contribution in [0.3, 0.4) is 0 Å². The van der Waals surface area contributed by atoms with Crippen molar-refractivity contribution in [3.05, 3.63) is 107 Å². The highest BCUT2D eigenvalue weighted by Gasteiger charge is 2.43. The van der Waals surface area contributed by atoms with Gasteiger partial charge in [-0.25, -0.2) is 9.38 Å². The third-order valence-electron chi connectivity index (χ3n) is 5.08. The molecule has 3 nitrogen and oxygen atoms in total. The maximum absolute atomic E-state index is 13.1. The Labute approximate surface area is 171 Å². The molecule has 0 spiro atoms. The standard InChI is InChI=1S/C23H22FN3.ClH/c1-23(19-10-6-3-7-11-19)21(18-8-4-2-5-9-18)26-22(27-23)25-16-17-12-14-20(24)15-13-17;/h2-15,21H,16H2,1H3,(H2,25,26,27);1H/t21-,23+;/m1./s1. The number of nitrogens with one attached hydrogen (secondary N) is 2. The monoisotopic (exact) mass is 395 g/mol. The predicted molar refractivity (Wildman–Crippen MR) is 114 cm³/mol. The zero-order valence-electron chi connectivity index (χ0n) is 15.6. The second kappa shape index (κ2) is 8.44. The molecule has 0 amide bonds. The van der Waals surface area contributed by atoms with E-state index in [2.05, 4.69) is 66.1 Å². The van der Waals surface area contributed by atoms with Crippen molar-refractivity contribution in [3.8, 4) is 0 Å². The highest BCUT2D eigenvalue weighted by molar-refractivity contribution is 5.85. The van der Waals surface area contributed by atoms with Crippen LogP contribution in [-0.2, 0) is 12.1 Å². The van der Waals surface area contributed by atoms with Gasteiger partial charge < -0.3 is 10.6 Å². The molecule has 0 unspecified atom stereocenters. The maximum Gasteiger partial charge on any atom is 0.192 e. The van der Waals surface area contributed by atoms with Crippen LogP contribution in [0.15, 0.2) is 89.9 Å². The first-order chi connectivity index (χ1) is 13.1. The minimum absolute atomic E-state index is 0. The van der Waals surface area contributed by atoms with Gasteiger partial charge in [-0.1, -0.05) is 72.8 Å². The summed E-state index contributed by atoms with van der Waals surface area (Å²) in [6.45, 7) is 2.68. The first-order valence-corrected chi connectivity index (χ1v) is 9.09. The smallest absolute Gasteiger partial charge is 0.192 e. The van der Waals surface area contributed by atoms with Gasteiger partial charge in [-0.05, 0) is 35.7 Å². The quantitative estimate of drug-likeness (QED) is 0.655. The Morgan fingerprint density at radius 2 is 1.50 bits per heavy atom. The average molecular weight is 396 g/mol. The van der Waals surface area contributed by atoms with Crippen LogP contribution in [0.5, 0.6) is 0 Å². The summed E-state index contributed by atoms with van der Waals surface area (Å²) in [5.74, 6) is 0.517. The van der Waals surface area contributed by atoms with Crippen LogP contribution < -0.4 is 10.6 Å². The fourth-order valence-electron chi connectivity index (χ4n) is 3.57. The highest BCUT2D eigenvalue weighted by Crippen LogP contribution is 2.38. The molecule has 3 aromatic carbocycles. The number of rotatable bonds is 4. The van der Waals surface area contributed by atoms with Crippen molar-refractivity contribution in [2.75, 3.05) is 0 Å². The molecule has 0 radical (unpaired) electrons. The minimum atomic E-state index is -0.329. The van der Waals surface area contributed by atoms with Gasteiger partial charge in [0.05, 0.1) is 18.1 Å². The number of halogens is 2. The predicted octanol–water partition coefficient (Wildman–Crippen LogP) is 4.95. The van der Waals surface area contributed by atoms with Crippen molar-refractivity contribution < 1.29 is 4.39 Å². The molecular weight excluding hydrogens is 373 g/mol. The second-order valence-corrected chi connectivity index (χ2v) is 6.97. The number of hydrogen-bond acceptors (Lipinski definition) is 1. The van der Waals surface area contributed by atoms with E-state index in [1.165, 1.54) is 23.3 Å². The Hall–Kier alpha value is -2.85. The molecule has 0 aliphatic carbocycles. The molecule has 0 bridgehead atoms. The Bertz CT molecular complexity index is 929. The van der Waals surface area contributed by atoms with E-state index in [-0.39, 0.29) is 29.8 Å². The first kappa shape index (κ1) is 19.9. The van der Waals surface area contributed by atoms with Crippen LogP contribution in [0, 0.1) is 5.82 Å². The van der Waals surface area contributed by atoms with Gasteiger partial charge in [0.2, 0.25) is 0 Å². The molecular formula is C23H23ClFN3. The van der Waals surface area contributed by atoms with Gasteiger partial charge in [-0.15, -0.1) is 12.4 Å². The normalized spacial score (nSPS) is 22.2. The Kier molecular flexibility index (Phi) is 6.00. The van der Waals surface area contributed by atoms with E-state index < -0.39 is 0 Å². The maximum atomic E-state index is 13.1. The van der Waals surface area contributed by atoms with E-state index in [9.17, 15) is 4.39 Å². The Balaban J connectivity index is 0.00000225. The zero-order chi connectivity index (χ0) is 18.7. The summed E-state index contributed by atoms with van der Waals surface area (Å²) in [6, 6.07) is 27.3. The molecule has 3 aromatic rings. The molecule has 0 saturated carbocycles. The van der Waals surface area contributed by atoms with Crippen LogP contribution >= 0.6 is 12.4 Å². The van der Waals surface area contributed by atoms with Gasteiger partial charge in [-0.2, -0.15) is 0 Å². The lowest BCUT2D eigenvalue weighted by Gasteiger charge is -2.31. The lowest BCUT2D eigenvalue weighted by atomic mass is 9.82. The molecule has 1 heterocycles. The lowest BCUT2D eigenvalue weighted by molar-refractivity contribution is 0.378. The summed E-state index contributed by atoms with van der Waals surface area (Å²) in [4.78, 5) is 4.69. The number of hydrogen-bond donors (Lipinski definition) is 2. The first-order valence-electron chi connectivity index (χ1n) is 9.09. The van der Waals surface area contributed by atoms with Crippen molar-refractivity contribution in [3.63, 3.8) is 0 Å². The summed E-state index contributed by atoms with van der Waals surface area (Å²) in [7, 11) is 0. The van der Waals surface area contributed by atoms with Gasteiger partial charge in [0, 0.05) is 0 Å². The van der Waals surface area contributed by atoms with Crippen LogP contribution in [0.1, 0.15) is 29.7 Å². The summed E-state index contributed by atoms with van der Waals surface area (Å²) < 4.78 is 13.1. The van der Waals surface area contributed by atoms with Crippen LogP contribution in [0.25, 0.3) is 0 Å². The van der Waals surface area contributed by atoms with Gasteiger partial charge in [0.25, 0.3) is 0 Å². The number of nitrogens with zero attached hydrogens (tertiary/aromatic N) is 1. The number of benzene rings is 3. The van der Waals surface area contributed by atoms with Gasteiger partial charge in [0.1, 0.15) is 5.82 Å². The fraction of sp³-hybridized carbons (Fsp3) is 0.174. The van der Waals surface area contributed by atoms with E-state index in [0.29, 0.717) is 6.54 Å². The van der Waals surface area contributed by atoms with E-state index in [0.717, 1.165) is 11.5 Å². The lowest BCUT2D eigenvalue weighted by Crippen LogP contribution is -2.39. The minimum Gasteiger partial charge on any atom is -0.347 e. The topological polar surface area (TPSA) is 36.4 Å². The zero-order valence-corrected chi connectivity index (χ0v) is 16.4. The molecule has 4 rings (SSSR count). The van der Waals surface area contributed by atoms with Gasteiger partial charge >= 0.3 is 0 Å². The summed E-state index contributed by atoms with van der Waals surface area (Å²) in [6.07, 6.45) is 0. The second-order valence-electron chi connectivity index (χ2n) is 6.97. The molecule has 1 saturated heterocycles. The van der Waals surface area contributed by atoms with E-state index in [1.807, 2.05) is 12.1 Å². The molecule has 5 heteroatoms. The van der Waals surface area contributed by atoms with Crippen molar-refractivity contribution in [1.82, 2.24) is 10.6 Å². The molecule has 0 aromatic heterocycles. The molecule has 2 N–H and O–H groups in total. The van der Waals surface area contributed by atoms with Crippen molar-refractivity contribution >= 4 is 18.4 Å². The average Bonchev–Trinajstić information content (AvgIpc) is 3.07. The summed E-state index contributed by atoms with van der Waals surface area (Å²) >= 11 is 0. The van der Waals surface area contributed by atoms with Crippen molar-refractivity contribution in [2.24, 2.45) is 4.99 Å². The molecule has 1 aliphatic heterocycles. The third-order valence-corrected chi connectivity index (χ3v) is 5.08. The van der Waals surface area contributed by atoms with Crippen molar-refractivity contribution in [2.45, 2.75) is 25.0 Å². The largest absolute Gasteiger partial charge is 0.347 e. The molecule has 2 atom stereocenters. The Morgan fingerprint density at radius 3 is 2.14 bits per heavy atom. The molecule has 144 valence electrons.